The molecule has 0 N–H and O–H groups in total. The summed E-state index contributed by atoms with van der Waals surface area (Å²) in [5.74, 6) is 2.73. The van der Waals surface area contributed by atoms with E-state index < -0.39 is 11.9 Å². The molecule has 0 aliphatic heterocycles. The van der Waals surface area contributed by atoms with E-state index in [9.17, 15) is 14.4 Å². The topological polar surface area (TPSA) is 125 Å². The summed E-state index contributed by atoms with van der Waals surface area (Å²) in [5.41, 5.74) is 2.75. The number of carbonyl (C=O) groups is 2. The second-order valence-electron chi connectivity index (χ2n) is 33.5. The summed E-state index contributed by atoms with van der Waals surface area (Å²) in [6.07, 6.45) is 73.6. The summed E-state index contributed by atoms with van der Waals surface area (Å²) in [5, 5.41) is 0. The van der Waals surface area contributed by atoms with Crippen LogP contribution in [0, 0.1) is 0 Å². The minimum Gasteiger partial charge on any atom is -0.490 e. The summed E-state index contributed by atoms with van der Waals surface area (Å²) >= 11 is 0. The van der Waals surface area contributed by atoms with Crippen molar-refractivity contribution < 1.29 is 47.5 Å². The standard InChI is InChI=1S/C105H166O11/c1-7-13-19-25-31-37-43-49-55-63-79-109-97-85-91(86-98(110-80-64-56-50-44-38-32-26-20-14-8-2)102(97)113-83-67-59-53-47-41-35-29-23-17-11-5)104(107)115-93-75-71-89(72-76-93)95-69-61-62-70-96(101(95)106)90-73-77-94(78-74-90)116-105(108)92-87-99(111-81-65-57-51-45-39-33-27-21-15-9-3)103(114-84-68-60-54-48-42-36-30-24-18-12-6)100(88-92)112-82-66-58-52-46-40-34-28-22-16-10-4/h61-62,69-78,85-88H,7-60,63-68,79-84H2,1-6H3. The van der Waals surface area contributed by atoms with Crippen LogP contribution in [0.4, 0.5) is 0 Å². The molecular formula is C105H166O11. The molecule has 0 unspecified atom stereocenters. The van der Waals surface area contributed by atoms with Crippen LogP contribution in [0.25, 0.3) is 22.3 Å². The maximum absolute atomic E-state index is 14.7. The Labute approximate surface area is 708 Å². The monoisotopic (exact) mass is 1600 g/mol. The Kier molecular flexibility index (Phi) is 59.8. The fourth-order valence-corrected chi connectivity index (χ4v) is 15.5. The molecule has 0 saturated carbocycles. The minimum atomic E-state index is -0.543. The van der Waals surface area contributed by atoms with E-state index in [-0.39, 0.29) is 5.43 Å². The lowest BCUT2D eigenvalue weighted by Gasteiger charge is -2.19. The molecule has 5 aromatic carbocycles. The molecule has 11 nitrogen and oxygen atoms in total. The molecule has 0 spiro atoms. The first-order valence-electron chi connectivity index (χ1n) is 48.7. The number of hydrogen-bond acceptors (Lipinski definition) is 11. The third kappa shape index (κ3) is 46.2. The maximum Gasteiger partial charge on any atom is 0.343 e. The van der Waals surface area contributed by atoms with Gasteiger partial charge in [-0.2, -0.15) is 0 Å². The third-order valence-electron chi connectivity index (χ3n) is 22.9. The van der Waals surface area contributed by atoms with Gasteiger partial charge in [-0.05, 0) is 98.2 Å². The highest BCUT2D eigenvalue weighted by molar-refractivity contribution is 5.93. The van der Waals surface area contributed by atoms with Crippen molar-refractivity contribution in [1.29, 1.82) is 0 Å². The highest BCUT2D eigenvalue weighted by Gasteiger charge is 2.24. The average Bonchev–Trinajstić information content (AvgIpc) is 1.37. The Balaban J connectivity index is 1.33. The Morgan fingerprint density at radius 1 is 0.224 bits per heavy atom. The van der Waals surface area contributed by atoms with Crippen LogP contribution >= 0.6 is 0 Å². The van der Waals surface area contributed by atoms with E-state index in [0.717, 1.165) is 77.0 Å². The number of hydrogen-bond donors (Lipinski definition) is 0. The maximum atomic E-state index is 14.7. The van der Waals surface area contributed by atoms with E-state index in [4.69, 9.17) is 37.9 Å². The summed E-state index contributed by atoms with van der Waals surface area (Å²) < 4.78 is 52.2. The van der Waals surface area contributed by atoms with Crippen molar-refractivity contribution in [3.63, 3.8) is 0 Å². The zero-order valence-corrected chi connectivity index (χ0v) is 74.9. The number of ether oxygens (including phenoxy) is 8. The fraction of sp³-hybridized carbons (Fsp3) is 0.686. The normalized spacial score (nSPS) is 11.3. The lowest BCUT2D eigenvalue weighted by atomic mass is 10.0. The van der Waals surface area contributed by atoms with Crippen LogP contribution in [0.5, 0.6) is 46.0 Å². The van der Waals surface area contributed by atoms with E-state index in [1.807, 2.05) is 48.5 Å². The van der Waals surface area contributed by atoms with Crippen LogP contribution in [0.3, 0.4) is 0 Å². The quantitative estimate of drug-likeness (QED) is 0.0210. The number of rotatable bonds is 78. The van der Waals surface area contributed by atoms with Crippen molar-refractivity contribution in [2.75, 3.05) is 39.6 Å². The second-order valence-corrected chi connectivity index (χ2v) is 33.5. The van der Waals surface area contributed by atoms with Gasteiger partial charge in [-0.15, -0.1) is 0 Å². The fourth-order valence-electron chi connectivity index (χ4n) is 15.5. The van der Waals surface area contributed by atoms with Gasteiger partial charge in [0.05, 0.1) is 50.8 Å². The van der Waals surface area contributed by atoms with Gasteiger partial charge in [-0.3, -0.25) is 4.79 Å². The van der Waals surface area contributed by atoms with Gasteiger partial charge >= 0.3 is 11.9 Å². The first-order chi connectivity index (χ1) is 57.2. The minimum absolute atomic E-state index is 0.179. The Hall–Kier alpha value is -6.49. The molecule has 11 heteroatoms. The van der Waals surface area contributed by atoms with Crippen molar-refractivity contribution in [1.82, 2.24) is 0 Å². The highest BCUT2D eigenvalue weighted by Crippen LogP contribution is 2.42. The van der Waals surface area contributed by atoms with Gasteiger partial charge in [-0.1, -0.05) is 437 Å². The van der Waals surface area contributed by atoms with E-state index >= 15 is 0 Å². The van der Waals surface area contributed by atoms with E-state index in [1.165, 1.54) is 308 Å². The van der Waals surface area contributed by atoms with Gasteiger partial charge < -0.3 is 37.9 Å². The summed E-state index contributed by atoms with van der Waals surface area (Å²) in [4.78, 5) is 43.7. The van der Waals surface area contributed by atoms with Crippen LogP contribution in [-0.2, 0) is 0 Å². The van der Waals surface area contributed by atoms with Gasteiger partial charge in [-0.25, -0.2) is 9.59 Å². The largest absolute Gasteiger partial charge is 0.490 e. The molecule has 0 amide bonds. The number of esters is 2. The van der Waals surface area contributed by atoms with Crippen LogP contribution in [0.2, 0.25) is 0 Å². The predicted octanol–water partition coefficient (Wildman–Crippen LogP) is 32.6. The van der Waals surface area contributed by atoms with E-state index in [2.05, 4.69) is 41.5 Å². The zero-order chi connectivity index (χ0) is 82.5. The number of carbonyl (C=O) groups excluding carboxylic acids is 2. The molecule has 0 atom stereocenters. The van der Waals surface area contributed by atoms with Crippen molar-refractivity contribution in [2.24, 2.45) is 0 Å². The summed E-state index contributed by atoms with van der Waals surface area (Å²) in [6.45, 7) is 16.7. The lowest BCUT2D eigenvalue weighted by molar-refractivity contribution is 0.0724. The van der Waals surface area contributed by atoms with E-state index in [1.54, 1.807) is 48.5 Å². The molecule has 0 bridgehead atoms. The molecule has 0 saturated heterocycles. The van der Waals surface area contributed by atoms with Gasteiger partial charge in [0.25, 0.3) is 0 Å². The molecule has 652 valence electrons. The molecule has 0 aliphatic rings. The molecule has 0 radical (unpaired) electrons. The van der Waals surface area contributed by atoms with Gasteiger partial charge in [0, 0.05) is 11.1 Å². The van der Waals surface area contributed by atoms with Crippen molar-refractivity contribution in [3.05, 3.63) is 118 Å². The smallest absolute Gasteiger partial charge is 0.343 e. The molecule has 5 aromatic rings. The summed E-state index contributed by atoms with van der Waals surface area (Å²) in [7, 11) is 0. The van der Waals surface area contributed by atoms with E-state index in [0.29, 0.717) is 119 Å². The Bertz CT molecular complexity index is 2960. The van der Waals surface area contributed by atoms with Crippen LogP contribution in [0.1, 0.15) is 448 Å². The first-order valence-corrected chi connectivity index (χ1v) is 48.7. The molecule has 0 aliphatic carbocycles. The molecular weight excluding hydrogens is 1440 g/mol. The highest BCUT2D eigenvalue weighted by atomic mass is 16.6. The summed E-state index contributed by atoms with van der Waals surface area (Å²) in [6, 6.07) is 28.6. The van der Waals surface area contributed by atoms with Crippen LogP contribution in [-0.4, -0.2) is 51.6 Å². The average molecular weight is 1600 g/mol. The molecule has 0 fully saturated rings. The van der Waals surface area contributed by atoms with Gasteiger partial charge in [0.1, 0.15) is 11.5 Å². The molecule has 0 aromatic heterocycles. The van der Waals surface area contributed by atoms with Crippen LogP contribution in [0.15, 0.2) is 102 Å². The third-order valence-corrected chi connectivity index (χ3v) is 22.9. The Morgan fingerprint density at radius 3 is 0.603 bits per heavy atom. The van der Waals surface area contributed by atoms with Crippen molar-refractivity contribution >= 4 is 11.9 Å². The first kappa shape index (κ1) is 100. The van der Waals surface area contributed by atoms with Gasteiger partial charge in [0.15, 0.2) is 28.4 Å². The Morgan fingerprint density at radius 2 is 0.405 bits per heavy atom. The SMILES string of the molecule is CCCCCCCCCCCCOc1cc(C(=O)Oc2ccc(-c3ccccc(-c4ccc(OC(=O)c5cc(OCCCCCCCCCCCC)c(OCCCCCCCCCCCC)c(OCCCCCCCCCCCC)c5)cc4)c3=O)cc2)cc(OCCCCCCCCCCCC)c1OCCCCCCCCCCCC. The predicted molar refractivity (Wildman–Crippen MR) is 490 cm³/mol. The second kappa shape index (κ2) is 69.3. The van der Waals surface area contributed by atoms with Crippen molar-refractivity contribution in [3.8, 4) is 68.2 Å². The number of unbranched alkanes of at least 4 members (excludes halogenated alkanes) is 54. The molecule has 116 heavy (non-hydrogen) atoms. The van der Waals surface area contributed by atoms with Crippen LogP contribution < -0.4 is 43.3 Å². The number of benzene rings is 4. The van der Waals surface area contributed by atoms with Gasteiger partial charge in [0.2, 0.25) is 11.5 Å². The van der Waals surface area contributed by atoms with Crippen molar-refractivity contribution in [2.45, 2.75) is 427 Å². The lowest BCUT2D eigenvalue weighted by Crippen LogP contribution is -2.12. The zero-order valence-electron chi connectivity index (χ0n) is 74.9. The molecule has 0 heterocycles. The molecule has 5 rings (SSSR count).